The van der Waals surface area contributed by atoms with Crippen LogP contribution in [-0.4, -0.2) is 36.5 Å². The van der Waals surface area contributed by atoms with E-state index in [-0.39, 0.29) is 5.91 Å². The van der Waals surface area contributed by atoms with Crippen molar-refractivity contribution in [2.45, 2.75) is 52.7 Å². The monoisotopic (exact) mass is 386 g/mol. The van der Waals surface area contributed by atoms with Crippen molar-refractivity contribution in [1.82, 2.24) is 10.2 Å². The number of nitrogens with zero attached hydrogens (tertiary/aromatic N) is 1. The number of fused-ring (bicyclic) bond motifs is 1. The third-order valence-corrected chi connectivity index (χ3v) is 6.10. The Morgan fingerprint density at radius 1 is 1.30 bits per heavy atom. The normalized spacial score (nSPS) is 15.4. The molecule has 3 rings (SSSR count). The number of aryl methyl sites for hydroxylation is 1. The van der Waals surface area contributed by atoms with Gasteiger partial charge < -0.3 is 10.1 Å². The molecule has 0 saturated carbocycles. The molecule has 1 atom stereocenters. The molecule has 0 saturated heterocycles. The zero-order valence-electron chi connectivity index (χ0n) is 16.7. The molecule has 1 aromatic heterocycles. The molecule has 5 heteroatoms. The van der Waals surface area contributed by atoms with Gasteiger partial charge in [-0.05, 0) is 60.4 Å². The highest BCUT2D eigenvalue weighted by Gasteiger charge is 2.19. The summed E-state index contributed by atoms with van der Waals surface area (Å²) in [5.41, 5.74) is 3.72. The van der Waals surface area contributed by atoms with Crippen molar-refractivity contribution in [3.05, 3.63) is 51.2 Å². The molecule has 0 spiro atoms. The first kappa shape index (κ1) is 19.9. The number of nitrogens with one attached hydrogen (secondary N) is 1. The lowest BCUT2D eigenvalue weighted by Crippen LogP contribution is -2.41. The smallest absolute Gasteiger partial charge is 0.260 e. The molecule has 1 unspecified atom stereocenters. The fraction of sp³-hybridized carbons (Fsp3) is 0.500. The highest BCUT2D eigenvalue weighted by atomic mass is 32.1. The summed E-state index contributed by atoms with van der Waals surface area (Å²) in [7, 11) is 0. The Bertz CT molecular complexity index is 784. The molecular weight excluding hydrogens is 356 g/mol. The van der Waals surface area contributed by atoms with Crippen molar-refractivity contribution in [2.24, 2.45) is 0 Å². The number of amides is 1. The molecule has 0 aliphatic carbocycles. The molecule has 0 fully saturated rings. The van der Waals surface area contributed by atoms with Crippen molar-refractivity contribution < 1.29 is 9.53 Å². The van der Waals surface area contributed by atoms with E-state index in [2.05, 4.69) is 47.6 Å². The van der Waals surface area contributed by atoms with E-state index in [1.54, 1.807) is 0 Å². The zero-order valence-corrected chi connectivity index (χ0v) is 17.6. The molecule has 2 heterocycles. The van der Waals surface area contributed by atoms with E-state index in [9.17, 15) is 4.79 Å². The number of ether oxygens (including phenoxy) is 1. The molecule has 146 valence electrons. The molecule has 1 aliphatic heterocycles. The van der Waals surface area contributed by atoms with Crippen molar-refractivity contribution in [1.29, 1.82) is 0 Å². The molecule has 27 heavy (non-hydrogen) atoms. The van der Waals surface area contributed by atoms with Gasteiger partial charge in [0.15, 0.2) is 6.10 Å². The minimum absolute atomic E-state index is 0.0561. The number of carbonyl (C=O) groups is 1. The maximum atomic E-state index is 12.5. The Morgan fingerprint density at radius 3 is 2.89 bits per heavy atom. The standard InChI is InChI=1S/C22H30N2O2S/c1-15(2)19-6-5-16(3)13-20(19)26-17(4)22(25)23-9-11-24-10-7-21-18(14-24)8-12-27-21/h5-6,8,12-13,15,17H,7,9-11,14H2,1-4H3,(H,23,25). The average Bonchev–Trinajstić information content (AvgIpc) is 3.09. The van der Waals surface area contributed by atoms with Crippen LogP contribution in [0.4, 0.5) is 0 Å². The van der Waals surface area contributed by atoms with E-state index < -0.39 is 6.10 Å². The van der Waals surface area contributed by atoms with Gasteiger partial charge in [0.1, 0.15) is 5.75 Å². The van der Waals surface area contributed by atoms with Gasteiger partial charge >= 0.3 is 0 Å². The summed E-state index contributed by atoms with van der Waals surface area (Å²) in [5.74, 6) is 1.12. The molecule has 1 aromatic carbocycles. The average molecular weight is 387 g/mol. The third-order valence-electron chi connectivity index (χ3n) is 5.08. The maximum Gasteiger partial charge on any atom is 0.260 e. The van der Waals surface area contributed by atoms with Gasteiger partial charge in [0.2, 0.25) is 0 Å². The SMILES string of the molecule is Cc1ccc(C(C)C)c(OC(C)C(=O)NCCN2CCc3sccc3C2)c1. The number of hydrogen-bond acceptors (Lipinski definition) is 4. The van der Waals surface area contributed by atoms with Gasteiger partial charge in [-0.25, -0.2) is 0 Å². The number of rotatable bonds is 7. The van der Waals surface area contributed by atoms with E-state index in [4.69, 9.17) is 4.74 Å². The first-order chi connectivity index (χ1) is 12.9. The van der Waals surface area contributed by atoms with Crippen LogP contribution in [-0.2, 0) is 17.8 Å². The van der Waals surface area contributed by atoms with Gasteiger partial charge in [-0.15, -0.1) is 11.3 Å². The molecule has 0 radical (unpaired) electrons. The minimum Gasteiger partial charge on any atom is -0.481 e. The van der Waals surface area contributed by atoms with Crippen LogP contribution in [0, 0.1) is 6.92 Å². The number of thiophene rings is 1. The van der Waals surface area contributed by atoms with Crippen molar-refractivity contribution in [2.75, 3.05) is 19.6 Å². The predicted octanol–water partition coefficient (Wildman–Crippen LogP) is 4.12. The Hall–Kier alpha value is -1.85. The third kappa shape index (κ3) is 5.11. The summed E-state index contributed by atoms with van der Waals surface area (Å²) >= 11 is 1.85. The summed E-state index contributed by atoms with van der Waals surface area (Å²) in [6.45, 7) is 11.7. The van der Waals surface area contributed by atoms with Gasteiger partial charge in [-0.3, -0.25) is 9.69 Å². The maximum absolute atomic E-state index is 12.5. The van der Waals surface area contributed by atoms with Crippen LogP contribution in [0.3, 0.4) is 0 Å². The van der Waals surface area contributed by atoms with Gasteiger partial charge in [0.25, 0.3) is 5.91 Å². The van der Waals surface area contributed by atoms with Crippen molar-refractivity contribution >= 4 is 17.2 Å². The Kier molecular flexibility index (Phi) is 6.55. The second-order valence-electron chi connectivity index (χ2n) is 7.64. The fourth-order valence-electron chi connectivity index (χ4n) is 3.44. The largest absolute Gasteiger partial charge is 0.481 e. The Balaban J connectivity index is 1.48. The van der Waals surface area contributed by atoms with Crippen LogP contribution in [0.2, 0.25) is 0 Å². The van der Waals surface area contributed by atoms with E-state index >= 15 is 0 Å². The molecule has 4 nitrogen and oxygen atoms in total. The minimum atomic E-state index is -0.505. The van der Waals surface area contributed by atoms with Crippen LogP contribution >= 0.6 is 11.3 Å². The molecular formula is C22H30N2O2S. The second kappa shape index (κ2) is 8.89. The Labute approximate surface area is 166 Å². The lowest BCUT2D eigenvalue weighted by atomic mass is 10.0. The zero-order chi connectivity index (χ0) is 19.4. The van der Waals surface area contributed by atoms with E-state index in [1.165, 1.54) is 10.4 Å². The lowest BCUT2D eigenvalue weighted by Gasteiger charge is -2.27. The fourth-order valence-corrected chi connectivity index (χ4v) is 4.33. The van der Waals surface area contributed by atoms with E-state index in [0.717, 1.165) is 42.9 Å². The number of carbonyl (C=O) groups excluding carboxylic acids is 1. The van der Waals surface area contributed by atoms with Crippen LogP contribution in [0.25, 0.3) is 0 Å². The van der Waals surface area contributed by atoms with Crippen LogP contribution in [0.5, 0.6) is 5.75 Å². The van der Waals surface area contributed by atoms with Crippen LogP contribution < -0.4 is 10.1 Å². The summed E-state index contributed by atoms with van der Waals surface area (Å²) in [4.78, 5) is 16.4. The first-order valence-corrected chi connectivity index (χ1v) is 10.6. The molecule has 1 N–H and O–H groups in total. The topological polar surface area (TPSA) is 41.6 Å². The number of hydrogen-bond donors (Lipinski definition) is 1. The predicted molar refractivity (Wildman–Crippen MR) is 112 cm³/mol. The molecule has 2 aromatic rings. The first-order valence-electron chi connectivity index (χ1n) is 9.76. The molecule has 1 amide bonds. The van der Waals surface area contributed by atoms with E-state index in [0.29, 0.717) is 12.5 Å². The second-order valence-corrected chi connectivity index (χ2v) is 8.64. The lowest BCUT2D eigenvalue weighted by molar-refractivity contribution is -0.127. The molecule has 1 aliphatic rings. The highest BCUT2D eigenvalue weighted by Crippen LogP contribution is 2.28. The van der Waals surface area contributed by atoms with Crippen molar-refractivity contribution in [3.8, 4) is 5.75 Å². The van der Waals surface area contributed by atoms with Gasteiger partial charge in [0, 0.05) is 31.1 Å². The summed E-state index contributed by atoms with van der Waals surface area (Å²) in [5, 5.41) is 5.20. The number of benzene rings is 1. The van der Waals surface area contributed by atoms with E-state index in [1.807, 2.05) is 31.3 Å². The van der Waals surface area contributed by atoms with Crippen LogP contribution in [0.1, 0.15) is 48.3 Å². The quantitative estimate of drug-likeness (QED) is 0.778. The van der Waals surface area contributed by atoms with Crippen LogP contribution in [0.15, 0.2) is 29.6 Å². The van der Waals surface area contributed by atoms with Gasteiger partial charge in [-0.2, -0.15) is 0 Å². The summed E-state index contributed by atoms with van der Waals surface area (Å²) in [6.07, 6.45) is 0.611. The summed E-state index contributed by atoms with van der Waals surface area (Å²) < 4.78 is 6.00. The highest BCUT2D eigenvalue weighted by molar-refractivity contribution is 7.10. The van der Waals surface area contributed by atoms with Gasteiger partial charge in [0.05, 0.1) is 0 Å². The van der Waals surface area contributed by atoms with Crippen molar-refractivity contribution in [3.63, 3.8) is 0 Å². The Morgan fingerprint density at radius 2 is 2.11 bits per heavy atom. The summed E-state index contributed by atoms with van der Waals surface area (Å²) in [6, 6.07) is 8.42. The van der Waals surface area contributed by atoms with Gasteiger partial charge in [-0.1, -0.05) is 26.0 Å². The molecule has 0 bridgehead atoms.